The topological polar surface area (TPSA) is 38.7 Å². The summed E-state index contributed by atoms with van der Waals surface area (Å²) in [6, 6.07) is 3.85. The largest absolute Gasteiger partial charge is 0.418 e. The predicted octanol–water partition coefficient (Wildman–Crippen LogP) is 3.77. The molecule has 19 heavy (non-hydrogen) atoms. The van der Waals surface area contributed by atoms with Crippen molar-refractivity contribution in [3.63, 3.8) is 0 Å². The van der Waals surface area contributed by atoms with Gasteiger partial charge in [0, 0.05) is 5.56 Å². The van der Waals surface area contributed by atoms with Gasteiger partial charge in [-0.25, -0.2) is 4.39 Å². The molecule has 0 aliphatic carbocycles. The summed E-state index contributed by atoms with van der Waals surface area (Å²) in [5.74, 6) is -0.724. The van der Waals surface area contributed by atoms with Gasteiger partial charge in [-0.3, -0.25) is 0 Å². The molecule has 0 aromatic heterocycles. The minimum Gasteiger partial charge on any atom is -0.362 e. The Morgan fingerprint density at radius 2 is 2.00 bits per heavy atom. The molecule has 1 aromatic rings. The van der Waals surface area contributed by atoms with E-state index in [-0.39, 0.29) is 5.56 Å². The van der Waals surface area contributed by atoms with Gasteiger partial charge in [0.1, 0.15) is 11.9 Å². The van der Waals surface area contributed by atoms with Gasteiger partial charge in [0.15, 0.2) is 6.10 Å². The molecule has 0 heterocycles. The van der Waals surface area contributed by atoms with Crippen molar-refractivity contribution in [2.75, 3.05) is 6.61 Å². The number of hydrogen-bond acceptors (Lipinski definition) is 3. The summed E-state index contributed by atoms with van der Waals surface area (Å²) in [6.07, 6.45) is -6.29. The molecule has 0 saturated heterocycles. The fraction of sp³-hybridized carbons (Fsp3) is 0.333. The molecule has 7 heteroatoms. The van der Waals surface area contributed by atoms with Crippen molar-refractivity contribution in [2.24, 2.45) is 5.18 Å². The number of benzene rings is 1. The van der Waals surface area contributed by atoms with Crippen LogP contribution in [0.5, 0.6) is 0 Å². The molecule has 2 atom stereocenters. The molecule has 0 N–H and O–H groups in total. The molecule has 0 fully saturated rings. The minimum atomic E-state index is -4.63. The van der Waals surface area contributed by atoms with E-state index in [1.165, 1.54) is 18.2 Å². The van der Waals surface area contributed by atoms with Crippen molar-refractivity contribution in [3.05, 3.63) is 53.2 Å². The quantitative estimate of drug-likeness (QED) is 0.451. The lowest BCUT2D eigenvalue weighted by Crippen LogP contribution is -2.30. The molecule has 0 radical (unpaired) electrons. The van der Waals surface area contributed by atoms with Gasteiger partial charge in [0.25, 0.3) is 0 Å². The molecule has 3 nitrogen and oxygen atoms in total. The van der Waals surface area contributed by atoms with Crippen LogP contribution in [0.1, 0.15) is 11.6 Å². The Kier molecular flexibility index (Phi) is 5.17. The third-order valence-corrected chi connectivity index (χ3v) is 2.36. The maximum Gasteiger partial charge on any atom is 0.418 e. The summed E-state index contributed by atoms with van der Waals surface area (Å²) in [6.45, 7) is 2.31. The SMILES string of the molecule is C=CC(OCC(N=O)c1ccccc1F)C(F)(F)F. The van der Waals surface area contributed by atoms with Crippen LogP contribution in [0.15, 0.2) is 42.1 Å². The van der Waals surface area contributed by atoms with Crippen molar-refractivity contribution >= 4 is 0 Å². The van der Waals surface area contributed by atoms with E-state index in [0.717, 1.165) is 6.07 Å². The van der Waals surface area contributed by atoms with Crippen LogP contribution in [0.3, 0.4) is 0 Å². The Bertz CT molecular complexity index is 448. The fourth-order valence-electron chi connectivity index (χ4n) is 1.41. The zero-order chi connectivity index (χ0) is 14.5. The minimum absolute atomic E-state index is 0.109. The average molecular weight is 277 g/mol. The first-order chi connectivity index (χ1) is 8.90. The van der Waals surface area contributed by atoms with Gasteiger partial charge >= 0.3 is 6.18 Å². The van der Waals surface area contributed by atoms with E-state index >= 15 is 0 Å². The Labute approximate surface area is 106 Å². The van der Waals surface area contributed by atoms with Crippen LogP contribution in [0.2, 0.25) is 0 Å². The zero-order valence-electron chi connectivity index (χ0n) is 9.73. The molecule has 1 aromatic carbocycles. The highest BCUT2D eigenvalue weighted by Gasteiger charge is 2.39. The maximum absolute atomic E-state index is 13.4. The number of nitroso groups, excluding NO2 is 1. The highest BCUT2D eigenvalue weighted by atomic mass is 19.4. The molecular weight excluding hydrogens is 266 g/mol. The maximum atomic E-state index is 13.4. The molecular formula is C12H11F4NO2. The second kappa shape index (κ2) is 6.42. The fourth-order valence-corrected chi connectivity index (χ4v) is 1.41. The Hall–Kier alpha value is -1.76. The van der Waals surface area contributed by atoms with E-state index in [0.29, 0.717) is 6.08 Å². The molecule has 0 saturated carbocycles. The summed E-state index contributed by atoms with van der Waals surface area (Å²) >= 11 is 0. The Morgan fingerprint density at radius 1 is 1.37 bits per heavy atom. The Balaban J connectivity index is 2.76. The van der Waals surface area contributed by atoms with Gasteiger partial charge in [-0.05, 0) is 6.07 Å². The summed E-state index contributed by atoms with van der Waals surface area (Å²) in [5, 5.41) is 2.59. The molecule has 0 amide bonds. The first-order valence-corrected chi connectivity index (χ1v) is 5.28. The normalized spacial score (nSPS) is 14.7. The van der Waals surface area contributed by atoms with Gasteiger partial charge in [-0.15, -0.1) is 6.58 Å². The smallest absolute Gasteiger partial charge is 0.362 e. The number of ether oxygens (including phenoxy) is 1. The predicted molar refractivity (Wildman–Crippen MR) is 60.9 cm³/mol. The van der Waals surface area contributed by atoms with Crippen molar-refractivity contribution < 1.29 is 22.3 Å². The number of rotatable bonds is 6. The number of alkyl halides is 3. The lowest BCUT2D eigenvalue weighted by Gasteiger charge is -2.19. The van der Waals surface area contributed by atoms with Crippen molar-refractivity contribution in [3.8, 4) is 0 Å². The summed E-state index contributed by atoms with van der Waals surface area (Å²) in [7, 11) is 0. The van der Waals surface area contributed by atoms with Crippen LogP contribution in [-0.2, 0) is 4.74 Å². The third-order valence-electron chi connectivity index (χ3n) is 2.36. The van der Waals surface area contributed by atoms with Gasteiger partial charge < -0.3 is 4.74 Å². The van der Waals surface area contributed by atoms with E-state index in [1.54, 1.807) is 0 Å². The van der Waals surface area contributed by atoms with Crippen LogP contribution < -0.4 is 0 Å². The molecule has 1 rings (SSSR count). The molecule has 0 aliphatic rings. The number of halogens is 4. The van der Waals surface area contributed by atoms with Gasteiger partial charge in [0.05, 0.1) is 6.61 Å². The second-order valence-electron chi connectivity index (χ2n) is 3.67. The van der Waals surface area contributed by atoms with E-state index in [9.17, 15) is 22.5 Å². The lowest BCUT2D eigenvalue weighted by molar-refractivity contribution is -0.204. The van der Waals surface area contributed by atoms with Gasteiger partial charge in [0.2, 0.25) is 0 Å². The van der Waals surface area contributed by atoms with Crippen LogP contribution in [-0.4, -0.2) is 18.9 Å². The van der Waals surface area contributed by atoms with Crippen LogP contribution in [0, 0.1) is 10.7 Å². The van der Waals surface area contributed by atoms with Crippen LogP contribution >= 0.6 is 0 Å². The average Bonchev–Trinajstić information content (AvgIpc) is 2.34. The van der Waals surface area contributed by atoms with E-state index in [4.69, 9.17) is 0 Å². The number of hydrogen-bond donors (Lipinski definition) is 0. The standard InChI is InChI=1S/C12H11F4NO2/c1-2-11(12(14,15)16)19-7-10(17-18)8-5-3-4-6-9(8)13/h2-6,10-11H,1,7H2. The molecule has 0 bridgehead atoms. The molecule has 2 unspecified atom stereocenters. The molecule has 0 spiro atoms. The first kappa shape index (κ1) is 15.3. The summed E-state index contributed by atoms with van der Waals surface area (Å²) in [4.78, 5) is 10.6. The van der Waals surface area contributed by atoms with E-state index < -0.39 is 30.7 Å². The third kappa shape index (κ3) is 4.13. The first-order valence-electron chi connectivity index (χ1n) is 5.28. The highest BCUT2D eigenvalue weighted by Crippen LogP contribution is 2.26. The monoisotopic (exact) mass is 277 g/mol. The van der Waals surface area contributed by atoms with Crippen molar-refractivity contribution in [2.45, 2.75) is 18.3 Å². The van der Waals surface area contributed by atoms with Crippen LogP contribution in [0.25, 0.3) is 0 Å². The van der Waals surface area contributed by atoms with Gasteiger partial charge in [-0.1, -0.05) is 29.5 Å². The Morgan fingerprint density at radius 3 is 2.47 bits per heavy atom. The molecule has 0 aliphatic heterocycles. The van der Waals surface area contributed by atoms with Gasteiger partial charge in [-0.2, -0.15) is 18.1 Å². The number of nitrogens with zero attached hydrogens (tertiary/aromatic N) is 1. The summed E-state index contributed by atoms with van der Waals surface area (Å²) in [5.41, 5.74) is -0.109. The van der Waals surface area contributed by atoms with Crippen molar-refractivity contribution in [1.29, 1.82) is 0 Å². The zero-order valence-corrected chi connectivity index (χ0v) is 9.73. The van der Waals surface area contributed by atoms with Crippen LogP contribution in [0.4, 0.5) is 17.6 Å². The molecule has 104 valence electrons. The second-order valence-corrected chi connectivity index (χ2v) is 3.67. The summed E-state index contributed by atoms with van der Waals surface area (Å²) < 4.78 is 55.0. The lowest BCUT2D eigenvalue weighted by atomic mass is 10.1. The van der Waals surface area contributed by atoms with Crippen molar-refractivity contribution in [1.82, 2.24) is 0 Å². The van der Waals surface area contributed by atoms with E-state index in [2.05, 4.69) is 16.5 Å². The van der Waals surface area contributed by atoms with E-state index in [1.807, 2.05) is 0 Å². The highest BCUT2D eigenvalue weighted by molar-refractivity contribution is 5.21.